The third-order valence-corrected chi connectivity index (χ3v) is 4.21. The number of fused-ring (bicyclic) bond motifs is 1. The Kier molecular flexibility index (Phi) is 5.45. The largest absolute Gasteiger partial charge is 0.345 e. The Hall–Kier alpha value is -3.55. The second-order valence-electron chi connectivity index (χ2n) is 7.90. The van der Waals surface area contributed by atoms with Gasteiger partial charge in [-0.05, 0) is 23.8 Å². The minimum atomic E-state index is -0.515. The van der Waals surface area contributed by atoms with Gasteiger partial charge in [-0.3, -0.25) is 9.59 Å². The van der Waals surface area contributed by atoms with Crippen LogP contribution in [0.2, 0.25) is 0 Å². The summed E-state index contributed by atoms with van der Waals surface area (Å²) in [5.41, 5.74) is 1.89. The van der Waals surface area contributed by atoms with E-state index in [-0.39, 0.29) is 11.7 Å². The lowest BCUT2D eigenvalue weighted by Gasteiger charge is -2.15. The van der Waals surface area contributed by atoms with Crippen LogP contribution in [0.3, 0.4) is 0 Å². The van der Waals surface area contributed by atoms with Crippen molar-refractivity contribution in [2.75, 3.05) is 19.4 Å². The van der Waals surface area contributed by atoms with Gasteiger partial charge in [-0.25, -0.2) is 15.0 Å². The fourth-order valence-electron chi connectivity index (χ4n) is 2.55. The molecule has 0 spiro atoms. The number of rotatable bonds is 5. The first-order valence-corrected chi connectivity index (χ1v) is 9.16. The predicted octanol–water partition coefficient (Wildman–Crippen LogP) is 3.43. The van der Waals surface area contributed by atoms with Gasteiger partial charge in [0.1, 0.15) is 11.3 Å². The minimum absolute atomic E-state index is 0.00302. The van der Waals surface area contributed by atoms with E-state index < -0.39 is 5.41 Å². The zero-order valence-corrected chi connectivity index (χ0v) is 17.1. The first-order chi connectivity index (χ1) is 13.6. The van der Waals surface area contributed by atoms with Crippen molar-refractivity contribution in [1.29, 1.82) is 0 Å². The molecule has 0 atom stereocenters. The van der Waals surface area contributed by atoms with Gasteiger partial charge in [-0.15, -0.1) is 0 Å². The highest BCUT2D eigenvalue weighted by Gasteiger charge is 2.26. The number of carbonyl (C=O) groups excluding carboxylic acids is 2. The van der Waals surface area contributed by atoms with Gasteiger partial charge in [-0.2, -0.15) is 0 Å². The molecule has 0 saturated carbocycles. The van der Waals surface area contributed by atoms with Crippen LogP contribution in [-0.4, -0.2) is 50.6 Å². The molecule has 29 heavy (non-hydrogen) atoms. The summed E-state index contributed by atoms with van der Waals surface area (Å²) in [5.74, 6) is 0.965. The lowest BCUT2D eigenvalue weighted by atomic mass is 9.87. The van der Waals surface area contributed by atoms with Gasteiger partial charge < -0.3 is 15.2 Å². The molecular weight excluding hydrogens is 368 g/mol. The molecule has 0 radical (unpaired) electrons. The Bertz CT molecular complexity index is 1070. The minimum Gasteiger partial charge on any atom is -0.345 e. The number of hydrogen-bond donors (Lipinski definition) is 2. The number of likely N-dealkylation sites (N-methyl/N-ethyl adjacent to an activating group) is 1. The molecule has 0 aromatic carbocycles. The van der Waals surface area contributed by atoms with Crippen LogP contribution in [-0.2, 0) is 4.79 Å². The molecule has 0 aliphatic carbocycles. The molecule has 3 aromatic rings. The van der Waals surface area contributed by atoms with Crippen LogP contribution in [0.25, 0.3) is 17.2 Å². The third kappa shape index (κ3) is 4.66. The Morgan fingerprint density at radius 1 is 1.10 bits per heavy atom. The summed E-state index contributed by atoms with van der Waals surface area (Å²) in [6.45, 7) is 5.61. The van der Waals surface area contributed by atoms with Crippen molar-refractivity contribution >= 4 is 40.6 Å². The van der Waals surface area contributed by atoms with Crippen molar-refractivity contribution in [3.8, 4) is 0 Å². The second kappa shape index (κ2) is 7.83. The first kappa shape index (κ1) is 20.2. The smallest absolute Gasteiger partial charge is 0.246 e. The van der Waals surface area contributed by atoms with Gasteiger partial charge >= 0.3 is 0 Å². The van der Waals surface area contributed by atoms with E-state index in [4.69, 9.17) is 0 Å². The monoisotopic (exact) mass is 392 g/mol. The first-order valence-electron chi connectivity index (χ1n) is 9.16. The highest BCUT2D eigenvalue weighted by molar-refractivity contribution is 6.08. The number of ketones is 1. The molecule has 2 N–H and O–H groups in total. The number of nitrogens with zero attached hydrogens (tertiary/aromatic N) is 4. The normalized spacial score (nSPS) is 11.8. The summed E-state index contributed by atoms with van der Waals surface area (Å²) in [6, 6.07) is 3.62. The number of aromatic amines is 1. The summed E-state index contributed by atoms with van der Waals surface area (Å²) in [4.78, 5) is 41.9. The van der Waals surface area contributed by atoms with Crippen LogP contribution in [0.15, 0.2) is 36.8 Å². The standard InChI is InChI=1S/C21H24N6O2/c1-21(2,3)19(29)14-11-23-20-18(14)26-16(12-24-20)25-15-8-6-13(10-22-15)7-9-17(28)27(4)5/h6-12H,1-5H3,(H,23,24)(H,22,25,26). The lowest BCUT2D eigenvalue weighted by Crippen LogP contribution is -2.20. The number of nitrogens with one attached hydrogen (secondary N) is 2. The summed E-state index contributed by atoms with van der Waals surface area (Å²) < 4.78 is 0. The number of hydrogen-bond acceptors (Lipinski definition) is 6. The number of anilines is 2. The molecule has 3 heterocycles. The van der Waals surface area contributed by atoms with Crippen LogP contribution in [0.5, 0.6) is 0 Å². The van der Waals surface area contributed by atoms with Gasteiger partial charge in [0, 0.05) is 38.0 Å². The average molecular weight is 392 g/mol. The van der Waals surface area contributed by atoms with E-state index in [1.165, 1.54) is 11.0 Å². The maximum atomic E-state index is 12.6. The topological polar surface area (TPSA) is 104 Å². The fourth-order valence-corrected chi connectivity index (χ4v) is 2.55. The molecule has 150 valence electrons. The molecule has 3 rings (SSSR count). The molecule has 0 fully saturated rings. The van der Waals surface area contributed by atoms with Gasteiger partial charge in [-0.1, -0.05) is 20.8 Å². The van der Waals surface area contributed by atoms with E-state index in [1.807, 2.05) is 26.8 Å². The molecule has 8 nitrogen and oxygen atoms in total. The van der Waals surface area contributed by atoms with Gasteiger partial charge in [0.25, 0.3) is 0 Å². The second-order valence-corrected chi connectivity index (χ2v) is 7.90. The van der Waals surface area contributed by atoms with E-state index >= 15 is 0 Å². The van der Waals surface area contributed by atoms with Crippen molar-refractivity contribution in [3.05, 3.63) is 47.9 Å². The number of H-pyrrole nitrogens is 1. The van der Waals surface area contributed by atoms with Crippen molar-refractivity contribution in [3.63, 3.8) is 0 Å². The maximum absolute atomic E-state index is 12.6. The van der Waals surface area contributed by atoms with Crippen LogP contribution in [0.1, 0.15) is 36.7 Å². The van der Waals surface area contributed by atoms with E-state index in [2.05, 4.69) is 25.3 Å². The summed E-state index contributed by atoms with van der Waals surface area (Å²) in [7, 11) is 3.39. The van der Waals surface area contributed by atoms with E-state index in [9.17, 15) is 9.59 Å². The average Bonchev–Trinajstić information content (AvgIpc) is 3.08. The van der Waals surface area contributed by atoms with E-state index in [0.717, 1.165) is 5.56 Å². The molecule has 0 unspecified atom stereocenters. The van der Waals surface area contributed by atoms with E-state index in [0.29, 0.717) is 28.4 Å². The molecule has 0 saturated heterocycles. The molecule has 1 amide bonds. The van der Waals surface area contributed by atoms with Crippen molar-refractivity contribution in [1.82, 2.24) is 24.8 Å². The summed E-state index contributed by atoms with van der Waals surface area (Å²) in [5, 5.41) is 3.09. The molecule has 0 aliphatic rings. The summed E-state index contributed by atoms with van der Waals surface area (Å²) in [6.07, 6.45) is 8.07. The number of Topliss-reactive ketones (excluding diaryl/α,β-unsaturated/α-hetero) is 1. The SMILES string of the molecule is CN(C)C(=O)C=Cc1ccc(Nc2cnc3[nH]cc(C(=O)C(C)(C)C)c3n2)nc1. The maximum Gasteiger partial charge on any atom is 0.246 e. The highest BCUT2D eigenvalue weighted by Crippen LogP contribution is 2.26. The molecule has 0 aliphatic heterocycles. The van der Waals surface area contributed by atoms with Crippen molar-refractivity contribution < 1.29 is 9.59 Å². The Balaban J connectivity index is 1.80. The number of pyridine rings is 1. The Labute approximate surface area is 169 Å². The van der Waals surface area contributed by atoms with Crippen LogP contribution in [0, 0.1) is 5.41 Å². The zero-order valence-electron chi connectivity index (χ0n) is 17.1. The number of aromatic nitrogens is 4. The Morgan fingerprint density at radius 3 is 2.48 bits per heavy atom. The number of amides is 1. The van der Waals surface area contributed by atoms with Gasteiger partial charge in [0.2, 0.25) is 5.91 Å². The predicted molar refractivity (Wildman–Crippen MR) is 113 cm³/mol. The van der Waals surface area contributed by atoms with Crippen LogP contribution in [0.4, 0.5) is 11.6 Å². The molecule has 3 aromatic heterocycles. The van der Waals surface area contributed by atoms with Crippen molar-refractivity contribution in [2.24, 2.45) is 5.41 Å². The molecular formula is C21H24N6O2. The lowest BCUT2D eigenvalue weighted by molar-refractivity contribution is -0.123. The quantitative estimate of drug-likeness (QED) is 0.509. The van der Waals surface area contributed by atoms with Crippen LogP contribution < -0.4 is 5.32 Å². The molecule has 8 heteroatoms. The fraction of sp³-hybridized carbons (Fsp3) is 0.286. The third-order valence-electron chi connectivity index (χ3n) is 4.21. The highest BCUT2D eigenvalue weighted by atomic mass is 16.2. The van der Waals surface area contributed by atoms with Gasteiger partial charge in [0.15, 0.2) is 17.2 Å². The van der Waals surface area contributed by atoms with Crippen molar-refractivity contribution in [2.45, 2.75) is 20.8 Å². The number of carbonyl (C=O) groups is 2. The van der Waals surface area contributed by atoms with Crippen LogP contribution >= 0.6 is 0 Å². The Morgan fingerprint density at radius 2 is 1.86 bits per heavy atom. The van der Waals surface area contributed by atoms with E-state index in [1.54, 1.807) is 44.8 Å². The molecule has 0 bridgehead atoms. The van der Waals surface area contributed by atoms with Gasteiger partial charge in [0.05, 0.1) is 11.8 Å². The zero-order chi connectivity index (χ0) is 21.2. The summed E-state index contributed by atoms with van der Waals surface area (Å²) >= 11 is 0.